The maximum atomic E-state index is 11.2. The fraction of sp³-hybridized carbons (Fsp3) is 0.889. The van der Waals surface area contributed by atoms with Crippen LogP contribution >= 0.6 is 30.4 Å². The average Bonchev–Trinajstić information content (AvgIpc) is 2.26. The summed E-state index contributed by atoms with van der Waals surface area (Å²) in [7, 11) is 2.85. The third-order valence-corrected chi connectivity index (χ3v) is 3.72. The van der Waals surface area contributed by atoms with E-state index in [0.717, 1.165) is 32.3 Å². The van der Waals surface area contributed by atoms with E-state index < -0.39 is 0 Å². The van der Waals surface area contributed by atoms with E-state index in [4.69, 9.17) is 8.92 Å². The summed E-state index contributed by atoms with van der Waals surface area (Å²) in [5.41, 5.74) is 0. The van der Waals surface area contributed by atoms with Crippen molar-refractivity contribution in [2.24, 2.45) is 11.8 Å². The quantitative estimate of drug-likeness (QED) is 0.451. The summed E-state index contributed by atoms with van der Waals surface area (Å²) < 4.78 is 10.0. The molecule has 5 heteroatoms. The minimum Gasteiger partial charge on any atom is -0.469 e. The van der Waals surface area contributed by atoms with Crippen LogP contribution in [0.4, 0.5) is 0 Å². The average molecular weight is 330 g/mol. The topological polar surface area (TPSA) is 35.5 Å². The van der Waals surface area contributed by atoms with Crippen LogP contribution in [-0.4, -0.2) is 19.7 Å². The smallest absolute Gasteiger partial charge is 0.308 e. The second kappa shape index (κ2) is 6.90. The lowest BCUT2D eigenvalue weighted by atomic mass is 9.82. The van der Waals surface area contributed by atoms with Gasteiger partial charge in [0.05, 0.1) is 28.8 Å². The number of hydrogen-bond donors (Lipinski definition) is 0. The Hall–Kier alpha value is 0.510. The van der Waals surface area contributed by atoms with Crippen LogP contribution in [0, 0.1) is 11.8 Å². The Bertz CT molecular complexity index is 181. The van der Waals surface area contributed by atoms with Gasteiger partial charge in [0.25, 0.3) is 0 Å². The summed E-state index contributed by atoms with van der Waals surface area (Å²) in [6.07, 6.45) is 4.06. The van der Waals surface area contributed by atoms with E-state index in [0.29, 0.717) is 5.92 Å². The van der Waals surface area contributed by atoms with E-state index in [1.165, 1.54) is 16.3 Å². The molecule has 1 rings (SSSR count). The highest BCUT2D eigenvalue weighted by Gasteiger charge is 2.26. The molecule has 0 spiro atoms. The molecule has 0 aromatic heterocycles. The zero-order valence-corrected chi connectivity index (χ0v) is 11.2. The monoisotopic (exact) mass is 330 g/mol. The SMILES string of the molecule is COC(=O)C1CCC(COSI)CC1. The molecule has 0 amide bonds. The van der Waals surface area contributed by atoms with Crippen LogP contribution in [0.25, 0.3) is 0 Å². The summed E-state index contributed by atoms with van der Waals surface area (Å²) in [4.78, 5) is 11.2. The Morgan fingerprint density at radius 2 is 2.07 bits per heavy atom. The van der Waals surface area contributed by atoms with Crippen molar-refractivity contribution in [3.8, 4) is 0 Å². The van der Waals surface area contributed by atoms with E-state index >= 15 is 0 Å². The Morgan fingerprint density at radius 1 is 1.43 bits per heavy atom. The van der Waals surface area contributed by atoms with Gasteiger partial charge in [-0.15, -0.1) is 0 Å². The molecular formula is C9H15IO3S. The summed E-state index contributed by atoms with van der Waals surface area (Å²) in [5, 5.41) is 0. The highest BCUT2D eigenvalue weighted by Crippen LogP contribution is 2.30. The zero-order chi connectivity index (χ0) is 10.4. The molecule has 14 heavy (non-hydrogen) atoms. The number of carbonyl (C=O) groups is 1. The van der Waals surface area contributed by atoms with Crippen molar-refractivity contribution in [2.75, 3.05) is 13.7 Å². The van der Waals surface area contributed by atoms with Gasteiger partial charge in [0, 0.05) is 21.2 Å². The fourth-order valence-corrected chi connectivity index (χ4v) is 2.54. The molecule has 1 aliphatic rings. The number of hydrogen-bond acceptors (Lipinski definition) is 4. The lowest BCUT2D eigenvalue weighted by molar-refractivity contribution is -0.146. The fourth-order valence-electron chi connectivity index (χ4n) is 1.85. The normalized spacial score (nSPS) is 27.3. The summed E-state index contributed by atoms with van der Waals surface area (Å²) in [5.74, 6) is 0.703. The molecule has 0 bridgehead atoms. The van der Waals surface area contributed by atoms with Crippen molar-refractivity contribution in [3.05, 3.63) is 0 Å². The molecule has 82 valence electrons. The zero-order valence-electron chi connectivity index (χ0n) is 8.20. The molecule has 0 saturated heterocycles. The van der Waals surface area contributed by atoms with Gasteiger partial charge in [0.15, 0.2) is 0 Å². The second-order valence-corrected chi connectivity index (χ2v) is 5.03. The van der Waals surface area contributed by atoms with Crippen molar-refractivity contribution in [1.29, 1.82) is 0 Å². The Labute approximate surface area is 101 Å². The highest BCUT2D eigenvalue weighted by molar-refractivity contribution is 14.2. The minimum absolute atomic E-state index is 0.0485. The number of esters is 1. The number of halogens is 1. The van der Waals surface area contributed by atoms with Crippen molar-refractivity contribution < 1.29 is 13.7 Å². The van der Waals surface area contributed by atoms with E-state index in [1.807, 2.05) is 0 Å². The lowest BCUT2D eigenvalue weighted by Gasteiger charge is -2.25. The Balaban J connectivity index is 2.20. The van der Waals surface area contributed by atoms with Crippen molar-refractivity contribution in [1.82, 2.24) is 0 Å². The van der Waals surface area contributed by atoms with Gasteiger partial charge in [-0.05, 0) is 31.6 Å². The standard InChI is InChI=1S/C9H15IO3S/c1-12-9(11)8-4-2-7(3-5-8)6-13-14-10/h7-8H,2-6H2,1H3. The largest absolute Gasteiger partial charge is 0.469 e. The maximum absolute atomic E-state index is 11.2. The first-order chi connectivity index (χ1) is 6.77. The van der Waals surface area contributed by atoms with Gasteiger partial charge >= 0.3 is 5.97 Å². The van der Waals surface area contributed by atoms with Gasteiger partial charge in [-0.1, -0.05) is 0 Å². The molecule has 0 aromatic carbocycles. The summed E-state index contributed by atoms with van der Waals surface area (Å²) in [6.45, 7) is 0.807. The predicted molar refractivity (Wildman–Crippen MR) is 65.0 cm³/mol. The predicted octanol–water partition coefficient (Wildman–Crippen LogP) is 2.98. The molecule has 0 aliphatic heterocycles. The van der Waals surface area contributed by atoms with Crippen LogP contribution in [-0.2, 0) is 13.7 Å². The van der Waals surface area contributed by atoms with Gasteiger partial charge in [-0.2, -0.15) is 0 Å². The third-order valence-electron chi connectivity index (χ3n) is 2.73. The molecule has 0 aromatic rings. The van der Waals surface area contributed by atoms with Crippen LogP contribution in [0.5, 0.6) is 0 Å². The van der Waals surface area contributed by atoms with Crippen molar-refractivity contribution in [2.45, 2.75) is 25.7 Å². The van der Waals surface area contributed by atoms with Crippen LogP contribution in [0.2, 0.25) is 0 Å². The molecule has 0 atom stereocenters. The first-order valence-corrected chi connectivity index (χ1v) is 8.04. The molecule has 1 saturated carbocycles. The van der Waals surface area contributed by atoms with Gasteiger partial charge in [-0.25, -0.2) is 0 Å². The molecule has 0 radical (unpaired) electrons. The maximum Gasteiger partial charge on any atom is 0.308 e. The van der Waals surface area contributed by atoms with Gasteiger partial charge < -0.3 is 8.92 Å². The highest BCUT2D eigenvalue weighted by atomic mass is 127. The van der Waals surface area contributed by atoms with Gasteiger partial charge in [0.2, 0.25) is 0 Å². The van der Waals surface area contributed by atoms with Crippen LogP contribution in [0.3, 0.4) is 0 Å². The summed E-state index contributed by atoms with van der Waals surface area (Å²) in [6, 6.07) is 0. The first-order valence-electron chi connectivity index (χ1n) is 4.76. The van der Waals surface area contributed by atoms with E-state index in [2.05, 4.69) is 21.2 Å². The number of rotatable bonds is 4. The van der Waals surface area contributed by atoms with Crippen molar-refractivity contribution in [3.63, 3.8) is 0 Å². The molecule has 0 heterocycles. The van der Waals surface area contributed by atoms with E-state index in [9.17, 15) is 4.79 Å². The molecule has 1 fully saturated rings. The number of ether oxygens (including phenoxy) is 1. The first kappa shape index (κ1) is 12.6. The molecule has 0 N–H and O–H groups in total. The molecule has 3 nitrogen and oxygen atoms in total. The van der Waals surface area contributed by atoms with E-state index in [-0.39, 0.29) is 11.9 Å². The van der Waals surface area contributed by atoms with Gasteiger partial charge in [-0.3, -0.25) is 4.79 Å². The Kier molecular flexibility index (Phi) is 6.20. The lowest BCUT2D eigenvalue weighted by Crippen LogP contribution is -2.24. The van der Waals surface area contributed by atoms with E-state index in [1.54, 1.807) is 0 Å². The minimum atomic E-state index is -0.0485. The molecule has 1 aliphatic carbocycles. The summed E-state index contributed by atoms with van der Waals surface area (Å²) >= 11 is 2.12. The number of methoxy groups -OCH3 is 1. The van der Waals surface area contributed by atoms with Crippen LogP contribution in [0.15, 0.2) is 0 Å². The van der Waals surface area contributed by atoms with Crippen LogP contribution < -0.4 is 0 Å². The Morgan fingerprint density at radius 3 is 2.57 bits per heavy atom. The molecule has 0 unspecified atom stereocenters. The second-order valence-electron chi connectivity index (χ2n) is 3.59. The molecular weight excluding hydrogens is 315 g/mol. The third kappa shape index (κ3) is 3.94. The van der Waals surface area contributed by atoms with Crippen molar-refractivity contribution >= 4 is 36.4 Å². The number of carbonyl (C=O) groups excluding carboxylic acids is 1. The van der Waals surface area contributed by atoms with Gasteiger partial charge in [0.1, 0.15) is 0 Å². The van der Waals surface area contributed by atoms with Crippen LogP contribution in [0.1, 0.15) is 25.7 Å².